The van der Waals surface area contributed by atoms with Crippen molar-refractivity contribution in [2.45, 2.75) is 12.5 Å². The van der Waals surface area contributed by atoms with E-state index in [0.717, 1.165) is 17.7 Å². The van der Waals surface area contributed by atoms with Gasteiger partial charge in [0.1, 0.15) is 11.7 Å². The van der Waals surface area contributed by atoms with Gasteiger partial charge in [-0.1, -0.05) is 48.5 Å². The summed E-state index contributed by atoms with van der Waals surface area (Å²) in [4.78, 5) is 2.27. The van der Waals surface area contributed by atoms with Crippen LogP contribution in [0.3, 0.4) is 0 Å². The molecule has 6 nitrogen and oxygen atoms in total. The molecular weight excluding hydrogens is 398 g/mol. The molecular formula is C26H23N5O. The molecule has 4 rings (SSSR count). The van der Waals surface area contributed by atoms with Crippen molar-refractivity contribution in [3.8, 4) is 24.0 Å². The minimum atomic E-state index is -1.70. The van der Waals surface area contributed by atoms with Crippen LogP contribution in [0.2, 0.25) is 0 Å². The summed E-state index contributed by atoms with van der Waals surface area (Å²) in [7, 11) is 1.58. The molecule has 1 saturated carbocycles. The van der Waals surface area contributed by atoms with Gasteiger partial charge in [0.25, 0.3) is 0 Å². The summed E-state index contributed by atoms with van der Waals surface area (Å²) in [6, 6.07) is 24.0. The van der Waals surface area contributed by atoms with Crippen molar-refractivity contribution in [3.63, 3.8) is 0 Å². The number of fused-ring (bicyclic) bond motifs is 1. The van der Waals surface area contributed by atoms with Crippen molar-refractivity contribution < 1.29 is 4.74 Å². The maximum atomic E-state index is 10.2. The molecule has 1 aliphatic heterocycles. The third kappa shape index (κ3) is 3.44. The van der Waals surface area contributed by atoms with Gasteiger partial charge in [-0.15, -0.1) is 0 Å². The Labute approximate surface area is 188 Å². The second-order valence-electron chi connectivity index (χ2n) is 8.25. The molecule has 1 aliphatic carbocycles. The molecule has 2 aliphatic rings. The average Bonchev–Trinajstić information content (AvgIpc) is 2.84. The van der Waals surface area contributed by atoms with Crippen LogP contribution in [-0.2, 0) is 6.54 Å². The van der Waals surface area contributed by atoms with Gasteiger partial charge < -0.3 is 10.1 Å². The second kappa shape index (κ2) is 8.67. The Morgan fingerprint density at radius 1 is 1.06 bits per heavy atom. The highest BCUT2D eigenvalue weighted by Gasteiger charge is 2.57. The Kier molecular flexibility index (Phi) is 5.78. The van der Waals surface area contributed by atoms with Crippen molar-refractivity contribution in [2.75, 3.05) is 20.2 Å². The number of ether oxygens (including phenoxy) is 1. The van der Waals surface area contributed by atoms with Gasteiger partial charge in [-0.2, -0.15) is 15.8 Å². The third-order valence-electron chi connectivity index (χ3n) is 6.59. The molecule has 0 unspecified atom stereocenters. The summed E-state index contributed by atoms with van der Waals surface area (Å²) in [5, 5.41) is 38.9. The second-order valence-corrected chi connectivity index (χ2v) is 8.25. The zero-order valence-electron chi connectivity index (χ0n) is 17.8. The molecule has 0 aromatic heterocycles. The fraction of sp³-hybridized carbons (Fsp3) is 0.308. The van der Waals surface area contributed by atoms with E-state index in [0.29, 0.717) is 18.8 Å². The van der Waals surface area contributed by atoms with Crippen LogP contribution in [0.1, 0.15) is 17.0 Å². The number of benzene rings is 2. The van der Waals surface area contributed by atoms with Crippen molar-refractivity contribution in [3.05, 3.63) is 77.4 Å². The van der Waals surface area contributed by atoms with Gasteiger partial charge in [0.15, 0.2) is 5.41 Å². The smallest absolute Gasteiger partial charge is 0.189 e. The first-order valence-electron chi connectivity index (χ1n) is 10.5. The van der Waals surface area contributed by atoms with Gasteiger partial charge in [-0.3, -0.25) is 4.90 Å². The summed E-state index contributed by atoms with van der Waals surface area (Å²) < 4.78 is 5.27. The zero-order chi connectivity index (χ0) is 22.7. The zero-order valence-corrected chi connectivity index (χ0v) is 17.8. The number of hydrogen-bond donors (Lipinski definition) is 1. The molecule has 1 fully saturated rings. The summed E-state index contributed by atoms with van der Waals surface area (Å²) in [5.41, 5.74) is 1.01. The molecule has 32 heavy (non-hydrogen) atoms. The van der Waals surface area contributed by atoms with Crippen LogP contribution in [-0.4, -0.2) is 30.8 Å². The third-order valence-corrected chi connectivity index (χ3v) is 6.59. The highest BCUT2D eigenvalue weighted by atomic mass is 16.5. The number of nitrogens with zero attached hydrogens (tertiary/aromatic N) is 4. The number of methoxy groups -OCH3 is 1. The van der Waals surface area contributed by atoms with Crippen LogP contribution >= 0.6 is 0 Å². The van der Waals surface area contributed by atoms with Crippen LogP contribution in [0.25, 0.3) is 0 Å². The van der Waals surface area contributed by atoms with Gasteiger partial charge in [0.05, 0.1) is 31.0 Å². The Morgan fingerprint density at radius 2 is 1.75 bits per heavy atom. The van der Waals surface area contributed by atoms with Crippen molar-refractivity contribution in [1.82, 2.24) is 4.90 Å². The number of rotatable bonds is 4. The highest BCUT2D eigenvalue weighted by molar-refractivity contribution is 6.00. The number of nitriles is 3. The van der Waals surface area contributed by atoms with E-state index >= 15 is 0 Å². The fourth-order valence-electron chi connectivity index (χ4n) is 5.03. The Hall–Kier alpha value is -3.92. The minimum absolute atomic E-state index is 0.121. The van der Waals surface area contributed by atoms with Crippen LogP contribution in [0.4, 0.5) is 0 Å². The minimum Gasteiger partial charge on any atom is -0.497 e. The Bertz CT molecular complexity index is 1150. The van der Waals surface area contributed by atoms with E-state index in [-0.39, 0.29) is 11.6 Å². The predicted molar refractivity (Wildman–Crippen MR) is 120 cm³/mol. The van der Waals surface area contributed by atoms with Gasteiger partial charge in [-0.05, 0) is 28.8 Å². The molecule has 158 valence electrons. The lowest BCUT2D eigenvalue weighted by Gasteiger charge is -2.47. The standard InChI is InChI=1S/C26H23N5O/c1-32-20-9-7-19(8-10-20)24-23-15-31(14-18-5-3-2-4-6-18)12-11-21(23)22(13-27)25(30)26(24,16-28)17-29/h2-11,22-24,30H,12,14-15H2,1H3/t22-,23+,24-/m0/s1. The molecule has 0 bridgehead atoms. The summed E-state index contributed by atoms with van der Waals surface area (Å²) in [5.74, 6) is -0.948. The van der Waals surface area contributed by atoms with Crippen LogP contribution in [0, 0.1) is 56.7 Å². The van der Waals surface area contributed by atoms with E-state index in [4.69, 9.17) is 10.1 Å². The van der Waals surface area contributed by atoms with Crippen molar-refractivity contribution in [1.29, 1.82) is 21.2 Å². The van der Waals surface area contributed by atoms with Crippen LogP contribution < -0.4 is 4.74 Å². The lowest BCUT2D eigenvalue weighted by molar-refractivity contribution is 0.198. The molecule has 6 heteroatoms. The van der Waals surface area contributed by atoms with Crippen molar-refractivity contribution >= 4 is 5.71 Å². The first kappa shape index (κ1) is 21.3. The van der Waals surface area contributed by atoms with E-state index in [1.54, 1.807) is 7.11 Å². The molecule has 3 atom stereocenters. The maximum absolute atomic E-state index is 10.2. The maximum Gasteiger partial charge on any atom is 0.189 e. The van der Waals surface area contributed by atoms with E-state index in [9.17, 15) is 15.8 Å². The lowest BCUT2D eigenvalue weighted by Crippen LogP contribution is -2.52. The first-order valence-corrected chi connectivity index (χ1v) is 10.5. The van der Waals surface area contributed by atoms with E-state index in [1.807, 2.05) is 48.5 Å². The monoisotopic (exact) mass is 421 g/mol. The molecule has 0 amide bonds. The highest BCUT2D eigenvalue weighted by Crippen LogP contribution is 2.53. The summed E-state index contributed by atoms with van der Waals surface area (Å²) in [6.07, 6.45) is 2.02. The molecule has 2 aromatic carbocycles. The first-order chi connectivity index (χ1) is 15.6. The molecule has 0 radical (unpaired) electrons. The van der Waals surface area contributed by atoms with Gasteiger partial charge in [0, 0.05) is 31.5 Å². The number of nitrogens with one attached hydrogen (secondary N) is 1. The topological polar surface area (TPSA) is 108 Å². The SMILES string of the molecule is COc1ccc([C@H]2[C@@H]3CN(Cc4ccccc4)CC=C3[C@H](C#N)C(=N)C2(C#N)C#N)cc1. The van der Waals surface area contributed by atoms with E-state index in [2.05, 4.69) is 35.2 Å². The molecule has 0 saturated heterocycles. The van der Waals surface area contributed by atoms with Crippen LogP contribution in [0.5, 0.6) is 5.75 Å². The van der Waals surface area contributed by atoms with Crippen molar-refractivity contribution in [2.24, 2.45) is 17.3 Å². The largest absolute Gasteiger partial charge is 0.497 e. The quantitative estimate of drug-likeness (QED) is 0.750. The van der Waals surface area contributed by atoms with Gasteiger partial charge in [-0.25, -0.2) is 0 Å². The normalized spacial score (nSPS) is 24.2. The summed E-state index contributed by atoms with van der Waals surface area (Å²) >= 11 is 0. The van der Waals surface area contributed by atoms with Crippen LogP contribution in [0.15, 0.2) is 66.2 Å². The van der Waals surface area contributed by atoms with Gasteiger partial charge in [0.2, 0.25) is 0 Å². The number of hydrogen-bond acceptors (Lipinski definition) is 6. The average molecular weight is 422 g/mol. The van der Waals surface area contributed by atoms with E-state index in [1.165, 1.54) is 5.56 Å². The Balaban J connectivity index is 1.80. The lowest BCUT2D eigenvalue weighted by atomic mass is 9.54. The Morgan fingerprint density at radius 3 is 2.34 bits per heavy atom. The van der Waals surface area contributed by atoms with Gasteiger partial charge >= 0.3 is 0 Å². The molecule has 2 aromatic rings. The van der Waals surface area contributed by atoms with E-state index < -0.39 is 17.3 Å². The fourth-order valence-corrected chi connectivity index (χ4v) is 5.03. The summed E-state index contributed by atoms with van der Waals surface area (Å²) in [6.45, 7) is 2.00. The molecule has 1 N–H and O–H groups in total. The molecule has 0 spiro atoms. The molecule has 1 heterocycles. The predicted octanol–water partition coefficient (Wildman–Crippen LogP) is 4.04.